The summed E-state index contributed by atoms with van der Waals surface area (Å²) in [6.45, 7) is 5.25. The van der Waals surface area contributed by atoms with E-state index in [9.17, 15) is 9.50 Å². The van der Waals surface area contributed by atoms with Crippen molar-refractivity contribution in [3.05, 3.63) is 41.7 Å². The Kier molecular flexibility index (Phi) is 2.68. The van der Waals surface area contributed by atoms with Gasteiger partial charge in [0, 0.05) is 5.56 Å². The van der Waals surface area contributed by atoms with E-state index >= 15 is 0 Å². The average molecular weight is 181 g/mol. The number of halogens is 1. The number of hydrogen-bond acceptors (Lipinski definition) is 2. The largest absolute Gasteiger partial charge is 0.505 e. The van der Waals surface area contributed by atoms with Crippen molar-refractivity contribution in [3.63, 3.8) is 0 Å². The summed E-state index contributed by atoms with van der Waals surface area (Å²) in [5.74, 6) is -1.04. The molecule has 0 spiro atoms. The van der Waals surface area contributed by atoms with Gasteiger partial charge in [0.15, 0.2) is 11.6 Å². The van der Waals surface area contributed by atoms with Crippen LogP contribution in [-0.2, 0) is 0 Å². The second-order valence-corrected chi connectivity index (χ2v) is 2.89. The van der Waals surface area contributed by atoms with Gasteiger partial charge in [0.1, 0.15) is 0 Å². The standard InChI is InChI=1S/C10H12FNO/c1-3-8(12)9-6(2)4-5-7(11)10(9)13/h3-5,8,13H,1,12H2,2H3/t8-/m1/s1. The highest BCUT2D eigenvalue weighted by Crippen LogP contribution is 2.29. The van der Waals surface area contributed by atoms with Crippen molar-refractivity contribution in [3.8, 4) is 5.75 Å². The molecular weight excluding hydrogens is 169 g/mol. The summed E-state index contributed by atoms with van der Waals surface area (Å²) in [4.78, 5) is 0. The third-order valence-corrected chi connectivity index (χ3v) is 1.97. The number of phenols is 1. The first kappa shape index (κ1) is 9.74. The molecule has 0 saturated heterocycles. The Hall–Kier alpha value is -1.35. The Morgan fingerprint density at radius 2 is 2.23 bits per heavy atom. The minimum atomic E-state index is -0.655. The van der Waals surface area contributed by atoms with E-state index in [1.807, 2.05) is 0 Å². The molecule has 0 aliphatic rings. The molecule has 0 fully saturated rings. The van der Waals surface area contributed by atoms with Gasteiger partial charge >= 0.3 is 0 Å². The maximum Gasteiger partial charge on any atom is 0.165 e. The fourth-order valence-electron chi connectivity index (χ4n) is 1.22. The summed E-state index contributed by atoms with van der Waals surface area (Å²) in [5.41, 5.74) is 6.77. The van der Waals surface area contributed by atoms with E-state index in [2.05, 4.69) is 6.58 Å². The first-order valence-corrected chi connectivity index (χ1v) is 3.94. The van der Waals surface area contributed by atoms with E-state index < -0.39 is 11.9 Å². The van der Waals surface area contributed by atoms with Crippen LogP contribution >= 0.6 is 0 Å². The third-order valence-electron chi connectivity index (χ3n) is 1.97. The van der Waals surface area contributed by atoms with Gasteiger partial charge in [0.2, 0.25) is 0 Å². The second kappa shape index (κ2) is 3.58. The number of benzene rings is 1. The Labute approximate surface area is 76.5 Å². The van der Waals surface area contributed by atoms with Gasteiger partial charge in [-0.05, 0) is 18.6 Å². The predicted octanol–water partition coefficient (Wildman–Crippen LogP) is 2.03. The Bertz CT molecular complexity index is 336. The molecule has 2 nitrogen and oxygen atoms in total. The lowest BCUT2D eigenvalue weighted by molar-refractivity contribution is 0.423. The molecular formula is C10H12FNO. The van der Waals surface area contributed by atoms with Crippen molar-refractivity contribution < 1.29 is 9.50 Å². The molecule has 0 heterocycles. The van der Waals surface area contributed by atoms with E-state index in [4.69, 9.17) is 5.73 Å². The van der Waals surface area contributed by atoms with Crippen LogP contribution in [0.2, 0.25) is 0 Å². The van der Waals surface area contributed by atoms with E-state index in [0.717, 1.165) is 5.56 Å². The number of phenolic OH excluding ortho intramolecular Hbond substituents is 1. The molecule has 0 aromatic heterocycles. The molecule has 1 aromatic rings. The van der Waals surface area contributed by atoms with E-state index in [1.165, 1.54) is 12.1 Å². The molecule has 0 unspecified atom stereocenters. The molecule has 1 rings (SSSR count). The van der Waals surface area contributed by atoms with Gasteiger partial charge < -0.3 is 10.8 Å². The molecule has 0 bridgehead atoms. The number of nitrogens with two attached hydrogens (primary N) is 1. The van der Waals surface area contributed by atoms with Crippen LogP contribution in [0.5, 0.6) is 5.75 Å². The quantitative estimate of drug-likeness (QED) is 0.686. The Morgan fingerprint density at radius 1 is 1.62 bits per heavy atom. The number of rotatable bonds is 2. The lowest BCUT2D eigenvalue weighted by Crippen LogP contribution is -2.09. The minimum absolute atomic E-state index is 0.382. The molecule has 1 aromatic carbocycles. The van der Waals surface area contributed by atoms with Gasteiger partial charge in [-0.2, -0.15) is 0 Å². The van der Waals surface area contributed by atoms with E-state index in [1.54, 1.807) is 13.0 Å². The number of aromatic hydroxyl groups is 1. The summed E-state index contributed by atoms with van der Waals surface area (Å²) < 4.78 is 12.9. The average Bonchev–Trinajstić information content (AvgIpc) is 2.12. The third kappa shape index (κ3) is 1.70. The minimum Gasteiger partial charge on any atom is -0.505 e. The van der Waals surface area contributed by atoms with Crippen LogP contribution in [-0.4, -0.2) is 5.11 Å². The van der Waals surface area contributed by atoms with Crippen LogP contribution in [0.25, 0.3) is 0 Å². The van der Waals surface area contributed by atoms with Crippen molar-refractivity contribution in [1.29, 1.82) is 0 Å². The molecule has 3 heteroatoms. The van der Waals surface area contributed by atoms with E-state index in [-0.39, 0.29) is 5.75 Å². The van der Waals surface area contributed by atoms with Crippen LogP contribution in [0, 0.1) is 12.7 Å². The number of aryl methyl sites for hydroxylation is 1. The molecule has 0 aliphatic heterocycles. The van der Waals surface area contributed by atoms with Crippen LogP contribution in [0.4, 0.5) is 4.39 Å². The first-order chi connectivity index (χ1) is 6.07. The van der Waals surface area contributed by atoms with Crippen LogP contribution in [0.1, 0.15) is 17.2 Å². The Morgan fingerprint density at radius 3 is 2.77 bits per heavy atom. The molecule has 1 atom stereocenters. The van der Waals surface area contributed by atoms with Gasteiger partial charge in [0.25, 0.3) is 0 Å². The topological polar surface area (TPSA) is 46.2 Å². The molecule has 13 heavy (non-hydrogen) atoms. The fourth-order valence-corrected chi connectivity index (χ4v) is 1.22. The van der Waals surface area contributed by atoms with Gasteiger partial charge in [-0.25, -0.2) is 4.39 Å². The van der Waals surface area contributed by atoms with Gasteiger partial charge in [-0.3, -0.25) is 0 Å². The van der Waals surface area contributed by atoms with Gasteiger partial charge in [0.05, 0.1) is 6.04 Å². The zero-order chi connectivity index (χ0) is 10.0. The highest BCUT2D eigenvalue weighted by atomic mass is 19.1. The molecule has 3 N–H and O–H groups in total. The lowest BCUT2D eigenvalue weighted by Gasteiger charge is -2.12. The SMILES string of the molecule is C=C[C@@H](N)c1c(C)ccc(F)c1O. The van der Waals surface area contributed by atoms with Gasteiger partial charge in [-0.15, -0.1) is 6.58 Å². The summed E-state index contributed by atoms with van der Waals surface area (Å²) in [6.07, 6.45) is 1.46. The molecule has 0 amide bonds. The number of hydrogen-bond donors (Lipinski definition) is 2. The summed E-state index contributed by atoms with van der Waals surface area (Å²) in [7, 11) is 0. The zero-order valence-electron chi connectivity index (χ0n) is 7.42. The smallest absolute Gasteiger partial charge is 0.165 e. The van der Waals surface area contributed by atoms with Crippen LogP contribution in [0.3, 0.4) is 0 Å². The van der Waals surface area contributed by atoms with Crippen molar-refractivity contribution in [2.75, 3.05) is 0 Å². The Balaban J connectivity index is 3.32. The zero-order valence-corrected chi connectivity index (χ0v) is 7.42. The maximum absolute atomic E-state index is 12.9. The highest BCUT2D eigenvalue weighted by Gasteiger charge is 2.14. The van der Waals surface area contributed by atoms with Crippen LogP contribution < -0.4 is 5.73 Å². The molecule has 0 aliphatic carbocycles. The van der Waals surface area contributed by atoms with Crippen molar-refractivity contribution in [2.45, 2.75) is 13.0 Å². The molecule has 0 saturated carbocycles. The van der Waals surface area contributed by atoms with E-state index in [0.29, 0.717) is 5.56 Å². The van der Waals surface area contributed by atoms with Crippen molar-refractivity contribution in [1.82, 2.24) is 0 Å². The maximum atomic E-state index is 12.9. The predicted molar refractivity (Wildman–Crippen MR) is 49.9 cm³/mol. The molecule has 0 radical (unpaired) electrons. The summed E-state index contributed by atoms with van der Waals surface area (Å²) >= 11 is 0. The first-order valence-electron chi connectivity index (χ1n) is 3.94. The summed E-state index contributed by atoms with van der Waals surface area (Å²) in [6, 6.07) is 2.26. The van der Waals surface area contributed by atoms with Crippen molar-refractivity contribution in [2.24, 2.45) is 5.73 Å². The monoisotopic (exact) mass is 181 g/mol. The van der Waals surface area contributed by atoms with Crippen LogP contribution in [0.15, 0.2) is 24.8 Å². The van der Waals surface area contributed by atoms with Gasteiger partial charge in [-0.1, -0.05) is 12.1 Å². The molecule has 70 valence electrons. The lowest BCUT2D eigenvalue weighted by atomic mass is 10.0. The fraction of sp³-hybridized carbons (Fsp3) is 0.200. The highest BCUT2D eigenvalue weighted by molar-refractivity contribution is 5.43. The summed E-state index contributed by atoms with van der Waals surface area (Å²) in [5, 5.41) is 9.38. The normalized spacial score (nSPS) is 12.5. The second-order valence-electron chi connectivity index (χ2n) is 2.89. The van der Waals surface area contributed by atoms with Crippen molar-refractivity contribution >= 4 is 0 Å².